The number of hydrogen-bond donors (Lipinski definition) is 1. The molecule has 168 valence electrons. The Morgan fingerprint density at radius 1 is 0.879 bits per heavy atom. The third-order valence-electron chi connectivity index (χ3n) is 5.99. The third kappa shape index (κ3) is 3.35. The number of methoxy groups -OCH3 is 2. The molecule has 2 aliphatic rings. The number of para-hydroxylation sites is 1. The van der Waals surface area contributed by atoms with Gasteiger partial charge in [0, 0.05) is 6.07 Å². The van der Waals surface area contributed by atoms with Crippen molar-refractivity contribution in [1.82, 2.24) is 0 Å². The third-order valence-corrected chi connectivity index (χ3v) is 5.99. The Hall–Kier alpha value is -4.04. The highest BCUT2D eigenvalue weighted by molar-refractivity contribution is 6.24. The van der Waals surface area contributed by atoms with E-state index in [1.54, 1.807) is 47.5 Å². The maximum atomic E-state index is 13.7. The van der Waals surface area contributed by atoms with E-state index in [9.17, 15) is 14.7 Å². The predicted octanol–water partition coefficient (Wildman–Crippen LogP) is 3.46. The molecule has 8 nitrogen and oxygen atoms in total. The van der Waals surface area contributed by atoms with Crippen molar-refractivity contribution in [3.05, 3.63) is 78.4 Å². The normalized spacial score (nSPS) is 21.9. The van der Waals surface area contributed by atoms with Gasteiger partial charge < -0.3 is 14.6 Å². The minimum absolute atomic E-state index is 0.110. The summed E-state index contributed by atoms with van der Waals surface area (Å²) >= 11 is 0. The van der Waals surface area contributed by atoms with Crippen LogP contribution in [0.5, 0.6) is 17.2 Å². The highest BCUT2D eigenvalue weighted by Crippen LogP contribution is 2.49. The van der Waals surface area contributed by atoms with Crippen LogP contribution in [0.25, 0.3) is 0 Å². The summed E-state index contributed by atoms with van der Waals surface area (Å²) in [6, 6.07) is 20.2. The van der Waals surface area contributed by atoms with Gasteiger partial charge in [-0.2, -0.15) is 0 Å². The first-order valence-electron chi connectivity index (χ1n) is 10.4. The van der Waals surface area contributed by atoms with Crippen LogP contribution in [0.3, 0.4) is 0 Å². The van der Waals surface area contributed by atoms with Gasteiger partial charge in [0.05, 0.1) is 31.6 Å². The number of carbonyl (C=O) groups is 2. The van der Waals surface area contributed by atoms with Crippen LogP contribution in [0.1, 0.15) is 11.6 Å². The fourth-order valence-corrected chi connectivity index (χ4v) is 4.43. The molecule has 0 bridgehead atoms. The molecule has 33 heavy (non-hydrogen) atoms. The van der Waals surface area contributed by atoms with E-state index in [2.05, 4.69) is 0 Å². The first kappa shape index (κ1) is 20.8. The number of hydrogen-bond acceptors (Lipinski definition) is 7. The molecule has 3 atom stereocenters. The second-order valence-corrected chi connectivity index (χ2v) is 7.80. The van der Waals surface area contributed by atoms with Crippen molar-refractivity contribution >= 4 is 23.2 Å². The highest BCUT2D eigenvalue weighted by atomic mass is 16.7. The SMILES string of the molecule is COc1ccc(N2C(=O)[C@H]3[C@@H](c4ccc(O)cc4)N(c4ccccc4)O[C@H]3C2=O)c(OC)c1. The van der Waals surface area contributed by atoms with Gasteiger partial charge in [0.2, 0.25) is 5.91 Å². The van der Waals surface area contributed by atoms with Crippen molar-refractivity contribution in [1.29, 1.82) is 0 Å². The molecular weight excluding hydrogens is 424 g/mol. The van der Waals surface area contributed by atoms with Gasteiger partial charge in [0.15, 0.2) is 6.10 Å². The minimum Gasteiger partial charge on any atom is -0.508 e. The summed E-state index contributed by atoms with van der Waals surface area (Å²) in [7, 11) is 3.00. The quantitative estimate of drug-likeness (QED) is 0.601. The number of aromatic hydroxyl groups is 1. The average Bonchev–Trinajstić information content (AvgIpc) is 3.35. The number of phenols is 1. The Labute approximate surface area is 190 Å². The molecule has 8 heteroatoms. The van der Waals surface area contributed by atoms with Crippen LogP contribution in [0.15, 0.2) is 72.8 Å². The van der Waals surface area contributed by atoms with Gasteiger partial charge in [-0.05, 0) is 42.0 Å². The van der Waals surface area contributed by atoms with Crippen LogP contribution in [-0.4, -0.2) is 37.2 Å². The van der Waals surface area contributed by atoms with E-state index in [0.717, 1.165) is 16.2 Å². The summed E-state index contributed by atoms with van der Waals surface area (Å²) in [4.78, 5) is 34.4. The van der Waals surface area contributed by atoms with Gasteiger partial charge in [-0.1, -0.05) is 30.3 Å². The first-order valence-corrected chi connectivity index (χ1v) is 10.4. The predicted molar refractivity (Wildman–Crippen MR) is 120 cm³/mol. The van der Waals surface area contributed by atoms with E-state index in [1.165, 1.54) is 14.2 Å². The molecule has 0 aromatic heterocycles. The van der Waals surface area contributed by atoms with Gasteiger partial charge in [0.25, 0.3) is 5.91 Å². The Balaban J connectivity index is 1.58. The number of rotatable bonds is 5. The number of ether oxygens (including phenoxy) is 2. The van der Waals surface area contributed by atoms with Crippen LogP contribution >= 0.6 is 0 Å². The summed E-state index contributed by atoms with van der Waals surface area (Å²) in [6.07, 6.45) is -0.997. The number of imide groups is 1. The van der Waals surface area contributed by atoms with E-state index in [0.29, 0.717) is 17.2 Å². The lowest BCUT2D eigenvalue weighted by Crippen LogP contribution is -2.37. The second-order valence-electron chi connectivity index (χ2n) is 7.80. The number of hydroxylamine groups is 1. The lowest BCUT2D eigenvalue weighted by molar-refractivity contribution is -0.126. The number of carbonyl (C=O) groups excluding carboxylic acids is 2. The van der Waals surface area contributed by atoms with E-state index < -0.39 is 24.0 Å². The fraction of sp³-hybridized carbons (Fsp3) is 0.200. The smallest absolute Gasteiger partial charge is 0.266 e. The van der Waals surface area contributed by atoms with E-state index >= 15 is 0 Å². The number of benzene rings is 3. The lowest BCUT2D eigenvalue weighted by Gasteiger charge is -2.29. The first-order chi connectivity index (χ1) is 16.0. The molecule has 0 saturated carbocycles. The number of nitrogens with zero attached hydrogens (tertiary/aromatic N) is 2. The Morgan fingerprint density at radius 2 is 1.61 bits per heavy atom. The van der Waals surface area contributed by atoms with Gasteiger partial charge in [0.1, 0.15) is 23.2 Å². The van der Waals surface area contributed by atoms with Gasteiger partial charge in [-0.15, -0.1) is 0 Å². The van der Waals surface area contributed by atoms with E-state index in [-0.39, 0.29) is 11.7 Å². The number of amides is 2. The highest BCUT2D eigenvalue weighted by Gasteiger charge is 2.60. The van der Waals surface area contributed by atoms with Crippen LogP contribution in [0, 0.1) is 5.92 Å². The molecular formula is C25H22N2O6. The standard InChI is InChI=1S/C25H22N2O6/c1-31-18-12-13-19(20(14-18)32-2)26-24(29)21-22(15-8-10-17(28)11-9-15)27(33-23(21)25(26)30)16-6-4-3-5-7-16/h3-14,21-23,28H,1-2H3/t21-,22+,23+/m0/s1. The monoisotopic (exact) mass is 446 g/mol. The summed E-state index contributed by atoms with van der Waals surface area (Å²) < 4.78 is 10.7. The minimum atomic E-state index is -0.997. The van der Waals surface area contributed by atoms with E-state index in [1.807, 2.05) is 30.3 Å². The van der Waals surface area contributed by atoms with Crippen LogP contribution in [0.4, 0.5) is 11.4 Å². The average molecular weight is 446 g/mol. The fourth-order valence-electron chi connectivity index (χ4n) is 4.43. The Bertz CT molecular complexity index is 1200. The topological polar surface area (TPSA) is 88.5 Å². The second kappa shape index (κ2) is 8.14. The maximum absolute atomic E-state index is 13.7. The van der Waals surface area contributed by atoms with Crippen LogP contribution in [0.2, 0.25) is 0 Å². The van der Waals surface area contributed by atoms with Crippen molar-refractivity contribution in [2.75, 3.05) is 24.2 Å². The van der Waals surface area contributed by atoms with Crippen molar-refractivity contribution in [2.24, 2.45) is 5.92 Å². The summed E-state index contributed by atoms with van der Waals surface area (Å²) in [5.41, 5.74) is 1.80. The molecule has 2 heterocycles. The molecule has 3 aromatic rings. The van der Waals surface area contributed by atoms with Crippen LogP contribution in [-0.2, 0) is 14.4 Å². The Morgan fingerprint density at radius 3 is 2.27 bits per heavy atom. The summed E-state index contributed by atoms with van der Waals surface area (Å²) in [5.74, 6) is -0.630. The molecule has 0 aliphatic carbocycles. The number of phenolic OH excluding ortho intramolecular Hbond substituents is 1. The van der Waals surface area contributed by atoms with Crippen molar-refractivity contribution < 1.29 is 29.0 Å². The van der Waals surface area contributed by atoms with Gasteiger partial charge in [-0.25, -0.2) is 9.96 Å². The van der Waals surface area contributed by atoms with Crippen molar-refractivity contribution in [3.63, 3.8) is 0 Å². The molecule has 3 aromatic carbocycles. The number of fused-ring (bicyclic) bond motifs is 1. The zero-order valence-corrected chi connectivity index (χ0v) is 18.0. The molecule has 2 saturated heterocycles. The van der Waals surface area contributed by atoms with Crippen LogP contribution < -0.4 is 19.4 Å². The summed E-state index contributed by atoms with van der Waals surface area (Å²) in [5, 5.41) is 11.4. The maximum Gasteiger partial charge on any atom is 0.266 e. The number of anilines is 2. The molecule has 0 spiro atoms. The molecule has 2 aliphatic heterocycles. The van der Waals surface area contributed by atoms with Gasteiger partial charge >= 0.3 is 0 Å². The largest absolute Gasteiger partial charge is 0.508 e. The molecule has 0 radical (unpaired) electrons. The molecule has 0 unspecified atom stereocenters. The zero-order valence-electron chi connectivity index (χ0n) is 18.0. The molecule has 1 N–H and O–H groups in total. The molecule has 5 rings (SSSR count). The molecule has 2 fully saturated rings. The zero-order chi connectivity index (χ0) is 23.1. The summed E-state index contributed by atoms with van der Waals surface area (Å²) in [6.45, 7) is 0. The van der Waals surface area contributed by atoms with Crippen molar-refractivity contribution in [3.8, 4) is 17.2 Å². The van der Waals surface area contributed by atoms with Gasteiger partial charge in [-0.3, -0.25) is 14.4 Å². The van der Waals surface area contributed by atoms with E-state index in [4.69, 9.17) is 14.3 Å². The molecule has 2 amide bonds. The lowest BCUT2D eigenvalue weighted by atomic mass is 9.90. The Kier molecular flexibility index (Phi) is 5.14. The van der Waals surface area contributed by atoms with Crippen molar-refractivity contribution in [2.45, 2.75) is 12.1 Å².